The van der Waals surface area contributed by atoms with Crippen molar-refractivity contribution in [3.63, 3.8) is 0 Å². The van der Waals surface area contributed by atoms with Crippen LogP contribution in [0.3, 0.4) is 0 Å². The fraction of sp³-hybridized carbons (Fsp3) is 1.00. The zero-order valence-corrected chi connectivity index (χ0v) is 13.5. The summed E-state index contributed by atoms with van der Waals surface area (Å²) in [4.78, 5) is 5.22. The van der Waals surface area contributed by atoms with Crippen molar-refractivity contribution in [3.05, 3.63) is 0 Å². The Morgan fingerprint density at radius 3 is 2.16 bits per heavy atom. The van der Waals surface area contributed by atoms with Crippen LogP contribution < -0.4 is 0 Å². The molecule has 1 atom stereocenters. The Kier molecular flexibility index (Phi) is 4.59. The van der Waals surface area contributed by atoms with Crippen molar-refractivity contribution in [1.82, 2.24) is 9.80 Å². The number of nitrogens with zero attached hydrogens (tertiary/aromatic N) is 2. The Balaban J connectivity index is 1.91. The molecule has 0 aromatic heterocycles. The molecule has 1 unspecified atom stereocenters. The normalized spacial score (nSPS) is 27.9. The lowest BCUT2D eigenvalue weighted by Crippen LogP contribution is -2.54. The summed E-state index contributed by atoms with van der Waals surface area (Å²) in [5, 5.41) is 0. The van der Waals surface area contributed by atoms with Gasteiger partial charge >= 0.3 is 0 Å². The molecule has 0 amide bonds. The zero-order valence-electron chi connectivity index (χ0n) is 13.5. The van der Waals surface area contributed by atoms with Crippen LogP contribution in [0.2, 0.25) is 0 Å². The van der Waals surface area contributed by atoms with Gasteiger partial charge in [0.05, 0.1) is 12.7 Å². The van der Waals surface area contributed by atoms with E-state index in [1.807, 2.05) is 0 Å². The summed E-state index contributed by atoms with van der Waals surface area (Å²) < 4.78 is 6.03. The molecule has 3 nitrogen and oxygen atoms in total. The summed E-state index contributed by atoms with van der Waals surface area (Å²) >= 11 is 0. The number of likely N-dealkylation sites (tertiary alicyclic amines) is 1. The Bertz CT molecular complexity index is 290. The fourth-order valence-corrected chi connectivity index (χ4v) is 3.46. The molecule has 2 fully saturated rings. The maximum atomic E-state index is 6.03. The predicted molar refractivity (Wildman–Crippen MR) is 80.6 cm³/mol. The molecule has 2 rings (SSSR count). The third-order valence-corrected chi connectivity index (χ3v) is 4.78. The lowest BCUT2D eigenvalue weighted by atomic mass is 9.93. The van der Waals surface area contributed by atoms with Crippen LogP contribution >= 0.6 is 0 Å². The van der Waals surface area contributed by atoms with Gasteiger partial charge in [-0.1, -0.05) is 0 Å². The summed E-state index contributed by atoms with van der Waals surface area (Å²) in [6.07, 6.45) is 4.27. The lowest BCUT2D eigenvalue weighted by molar-refractivity contribution is -0.0770. The molecule has 0 spiro atoms. The number of hydrogen-bond donors (Lipinski definition) is 0. The molecule has 0 bridgehead atoms. The van der Waals surface area contributed by atoms with E-state index in [9.17, 15) is 0 Å². The number of ether oxygens (including phenoxy) is 1. The van der Waals surface area contributed by atoms with Gasteiger partial charge in [0.2, 0.25) is 0 Å². The topological polar surface area (TPSA) is 15.7 Å². The van der Waals surface area contributed by atoms with Gasteiger partial charge in [-0.05, 0) is 67.0 Å². The van der Waals surface area contributed by atoms with Crippen molar-refractivity contribution in [1.29, 1.82) is 0 Å². The first-order valence-electron chi connectivity index (χ1n) is 7.91. The quantitative estimate of drug-likeness (QED) is 0.783. The fourth-order valence-electron chi connectivity index (χ4n) is 3.46. The molecule has 0 N–H and O–H groups in total. The van der Waals surface area contributed by atoms with Crippen molar-refractivity contribution in [2.45, 2.75) is 71.1 Å². The highest BCUT2D eigenvalue weighted by molar-refractivity contribution is 4.90. The van der Waals surface area contributed by atoms with Crippen LogP contribution in [0.5, 0.6) is 0 Å². The molecule has 0 saturated carbocycles. The summed E-state index contributed by atoms with van der Waals surface area (Å²) in [6.45, 7) is 17.3. The number of morpholine rings is 1. The van der Waals surface area contributed by atoms with Crippen molar-refractivity contribution in [2.24, 2.45) is 0 Å². The second-order valence-corrected chi connectivity index (χ2v) is 7.82. The molecule has 2 aliphatic rings. The van der Waals surface area contributed by atoms with E-state index in [0.717, 1.165) is 26.1 Å². The minimum absolute atomic E-state index is 0.264. The van der Waals surface area contributed by atoms with Crippen molar-refractivity contribution < 1.29 is 4.74 Å². The molecule has 0 aromatic rings. The standard InChI is InChI=1S/C16H32N2O/c1-15(2,3)18-10-11-19-14(13-18)12-16(4,5)17-8-6-7-9-17/h14H,6-13H2,1-5H3. The first-order chi connectivity index (χ1) is 8.79. The van der Waals surface area contributed by atoms with Crippen LogP contribution in [-0.4, -0.2) is 59.8 Å². The average Bonchev–Trinajstić information content (AvgIpc) is 2.81. The minimum atomic E-state index is 0.264. The highest BCUT2D eigenvalue weighted by Gasteiger charge is 2.35. The summed E-state index contributed by atoms with van der Waals surface area (Å²) in [5.41, 5.74) is 0.544. The van der Waals surface area contributed by atoms with Gasteiger partial charge in [-0.25, -0.2) is 0 Å². The van der Waals surface area contributed by atoms with Crippen LogP contribution in [0.25, 0.3) is 0 Å². The molecular formula is C16H32N2O. The molecule has 19 heavy (non-hydrogen) atoms. The average molecular weight is 268 g/mol. The second-order valence-electron chi connectivity index (χ2n) is 7.82. The van der Waals surface area contributed by atoms with Gasteiger partial charge in [-0.2, -0.15) is 0 Å². The van der Waals surface area contributed by atoms with E-state index in [2.05, 4.69) is 44.4 Å². The Morgan fingerprint density at radius 1 is 0.947 bits per heavy atom. The van der Waals surface area contributed by atoms with Crippen molar-refractivity contribution in [2.75, 3.05) is 32.8 Å². The first kappa shape index (κ1) is 15.3. The van der Waals surface area contributed by atoms with Gasteiger partial charge < -0.3 is 4.74 Å². The zero-order chi connectivity index (χ0) is 14.1. The molecule has 2 heterocycles. The SMILES string of the molecule is CC(C)(C)N1CCOC(CC(C)(C)N2CCCC2)C1. The van der Waals surface area contributed by atoms with Crippen molar-refractivity contribution in [3.8, 4) is 0 Å². The van der Waals surface area contributed by atoms with Crippen LogP contribution in [0, 0.1) is 0 Å². The van der Waals surface area contributed by atoms with Crippen LogP contribution in [0.4, 0.5) is 0 Å². The number of hydrogen-bond acceptors (Lipinski definition) is 3. The first-order valence-corrected chi connectivity index (χ1v) is 7.91. The summed E-state index contributed by atoms with van der Waals surface area (Å²) in [5.74, 6) is 0. The van der Waals surface area contributed by atoms with Gasteiger partial charge in [-0.3, -0.25) is 9.80 Å². The van der Waals surface area contributed by atoms with Gasteiger partial charge in [0.15, 0.2) is 0 Å². The highest BCUT2D eigenvalue weighted by Crippen LogP contribution is 2.28. The molecule has 3 heteroatoms. The van der Waals surface area contributed by atoms with Crippen LogP contribution in [-0.2, 0) is 4.74 Å². The maximum Gasteiger partial charge on any atom is 0.0720 e. The van der Waals surface area contributed by atoms with E-state index in [-0.39, 0.29) is 11.1 Å². The van der Waals surface area contributed by atoms with E-state index >= 15 is 0 Å². The molecule has 2 aliphatic heterocycles. The minimum Gasteiger partial charge on any atom is -0.375 e. The monoisotopic (exact) mass is 268 g/mol. The molecule has 2 saturated heterocycles. The molecule has 0 aliphatic carbocycles. The number of rotatable bonds is 3. The Morgan fingerprint density at radius 2 is 1.58 bits per heavy atom. The third-order valence-electron chi connectivity index (χ3n) is 4.78. The second kappa shape index (κ2) is 5.71. The largest absolute Gasteiger partial charge is 0.375 e. The Labute approximate surface area is 119 Å². The van der Waals surface area contributed by atoms with E-state index < -0.39 is 0 Å². The van der Waals surface area contributed by atoms with E-state index in [0.29, 0.717) is 6.10 Å². The van der Waals surface area contributed by atoms with E-state index in [1.165, 1.54) is 25.9 Å². The van der Waals surface area contributed by atoms with E-state index in [4.69, 9.17) is 4.74 Å². The smallest absolute Gasteiger partial charge is 0.0720 e. The summed E-state index contributed by atoms with van der Waals surface area (Å²) in [6, 6.07) is 0. The summed E-state index contributed by atoms with van der Waals surface area (Å²) in [7, 11) is 0. The highest BCUT2D eigenvalue weighted by atomic mass is 16.5. The van der Waals surface area contributed by atoms with Gasteiger partial charge in [-0.15, -0.1) is 0 Å². The van der Waals surface area contributed by atoms with Crippen LogP contribution in [0.1, 0.15) is 53.9 Å². The molecule has 0 radical (unpaired) electrons. The molecular weight excluding hydrogens is 236 g/mol. The third kappa shape index (κ3) is 3.93. The molecule has 112 valence electrons. The maximum absolute atomic E-state index is 6.03. The Hall–Kier alpha value is -0.120. The van der Waals surface area contributed by atoms with E-state index in [1.54, 1.807) is 0 Å². The molecule has 0 aromatic carbocycles. The lowest BCUT2D eigenvalue weighted by Gasteiger charge is -2.45. The van der Waals surface area contributed by atoms with Gasteiger partial charge in [0.25, 0.3) is 0 Å². The predicted octanol–water partition coefficient (Wildman–Crippen LogP) is 2.75. The van der Waals surface area contributed by atoms with Gasteiger partial charge in [0.1, 0.15) is 0 Å². The van der Waals surface area contributed by atoms with Crippen molar-refractivity contribution >= 4 is 0 Å². The van der Waals surface area contributed by atoms with Gasteiger partial charge in [0, 0.05) is 24.2 Å². The van der Waals surface area contributed by atoms with Crippen LogP contribution in [0.15, 0.2) is 0 Å².